The van der Waals surface area contributed by atoms with Gasteiger partial charge in [-0.2, -0.15) is 5.10 Å². The predicted molar refractivity (Wildman–Crippen MR) is 75.8 cm³/mol. The molecular formula is C15H16N4. The zero-order chi connectivity index (χ0) is 13.4. The van der Waals surface area contributed by atoms with Crippen molar-refractivity contribution in [3.63, 3.8) is 0 Å². The van der Waals surface area contributed by atoms with Gasteiger partial charge in [0.05, 0.1) is 5.52 Å². The summed E-state index contributed by atoms with van der Waals surface area (Å²) in [5.41, 5.74) is 4.34. The largest absolute Gasteiger partial charge is 0.267 e. The summed E-state index contributed by atoms with van der Waals surface area (Å²) < 4.78 is 1.90. The number of fused-ring (bicyclic) bond motifs is 1. The Morgan fingerprint density at radius 3 is 2.53 bits per heavy atom. The number of rotatable bonds is 2. The minimum Gasteiger partial charge on any atom is -0.267 e. The second kappa shape index (κ2) is 4.46. The molecule has 3 aromatic rings. The van der Waals surface area contributed by atoms with Crippen LogP contribution in [0.5, 0.6) is 0 Å². The lowest BCUT2D eigenvalue weighted by Gasteiger charge is -2.05. The van der Waals surface area contributed by atoms with Gasteiger partial charge in [0.2, 0.25) is 0 Å². The molecule has 19 heavy (non-hydrogen) atoms. The topological polar surface area (TPSA) is 43.6 Å². The van der Waals surface area contributed by atoms with Crippen LogP contribution in [-0.4, -0.2) is 19.7 Å². The molecule has 0 bridgehead atoms. The summed E-state index contributed by atoms with van der Waals surface area (Å²) in [4.78, 5) is 8.15. The Morgan fingerprint density at radius 1 is 1.11 bits per heavy atom. The molecule has 0 spiro atoms. The highest BCUT2D eigenvalue weighted by Crippen LogP contribution is 2.29. The third kappa shape index (κ3) is 1.99. The Hall–Kier alpha value is -2.23. The van der Waals surface area contributed by atoms with Crippen molar-refractivity contribution in [2.45, 2.75) is 19.8 Å². The van der Waals surface area contributed by atoms with Gasteiger partial charge in [0, 0.05) is 30.4 Å². The number of nitrogens with zero attached hydrogens (tertiary/aromatic N) is 4. The number of hydrogen-bond donors (Lipinski definition) is 0. The Morgan fingerprint density at radius 2 is 1.84 bits per heavy atom. The van der Waals surface area contributed by atoms with Crippen LogP contribution in [-0.2, 0) is 7.05 Å². The first kappa shape index (κ1) is 11.8. The first-order valence-electron chi connectivity index (χ1n) is 6.39. The Balaban J connectivity index is 2.27. The van der Waals surface area contributed by atoms with E-state index in [2.05, 4.69) is 47.1 Å². The molecule has 2 heterocycles. The van der Waals surface area contributed by atoms with E-state index in [4.69, 9.17) is 0 Å². The average molecular weight is 252 g/mol. The molecule has 3 rings (SSSR count). The van der Waals surface area contributed by atoms with Gasteiger partial charge in [0.1, 0.15) is 12.0 Å². The summed E-state index contributed by atoms with van der Waals surface area (Å²) in [7, 11) is 1.96. The third-order valence-electron chi connectivity index (χ3n) is 3.38. The van der Waals surface area contributed by atoms with Crippen LogP contribution in [0.15, 0.2) is 36.9 Å². The smallest absolute Gasteiger partial charge is 0.115 e. The normalized spacial score (nSPS) is 11.4. The number of aryl methyl sites for hydroxylation is 1. The van der Waals surface area contributed by atoms with Crippen LogP contribution in [0.4, 0.5) is 0 Å². The predicted octanol–water partition coefficient (Wildman–Crippen LogP) is 3.15. The van der Waals surface area contributed by atoms with Gasteiger partial charge in [-0.25, -0.2) is 9.97 Å². The first-order valence-corrected chi connectivity index (χ1v) is 6.39. The van der Waals surface area contributed by atoms with Crippen LogP contribution >= 0.6 is 0 Å². The van der Waals surface area contributed by atoms with E-state index >= 15 is 0 Å². The van der Waals surface area contributed by atoms with E-state index < -0.39 is 0 Å². The molecule has 0 atom stereocenters. The molecule has 1 aromatic carbocycles. The van der Waals surface area contributed by atoms with Crippen molar-refractivity contribution in [1.82, 2.24) is 19.7 Å². The van der Waals surface area contributed by atoms with E-state index in [-0.39, 0.29) is 0 Å². The monoisotopic (exact) mass is 252 g/mol. The first-order chi connectivity index (χ1) is 9.16. The molecule has 0 fully saturated rings. The highest BCUT2D eigenvalue weighted by molar-refractivity contribution is 5.93. The molecule has 2 aromatic heterocycles. The van der Waals surface area contributed by atoms with Gasteiger partial charge in [-0.3, -0.25) is 4.68 Å². The lowest BCUT2D eigenvalue weighted by atomic mass is 10.00. The van der Waals surface area contributed by atoms with E-state index in [1.165, 1.54) is 11.9 Å². The van der Waals surface area contributed by atoms with Crippen molar-refractivity contribution in [1.29, 1.82) is 0 Å². The second-order valence-electron chi connectivity index (χ2n) is 5.03. The lowest BCUT2D eigenvalue weighted by molar-refractivity contribution is 0.799. The minimum absolute atomic E-state index is 0.504. The van der Waals surface area contributed by atoms with Gasteiger partial charge >= 0.3 is 0 Å². The maximum absolute atomic E-state index is 4.60. The molecule has 0 aliphatic rings. The van der Waals surface area contributed by atoms with Crippen molar-refractivity contribution >= 4 is 10.9 Å². The molecule has 0 aliphatic carbocycles. The third-order valence-corrected chi connectivity index (χ3v) is 3.38. The summed E-state index contributed by atoms with van der Waals surface area (Å²) in [5, 5.41) is 5.75. The van der Waals surface area contributed by atoms with Crippen LogP contribution in [0.25, 0.3) is 22.2 Å². The molecule has 96 valence electrons. The molecule has 0 aliphatic heterocycles. The fourth-order valence-corrected chi connectivity index (χ4v) is 2.28. The van der Waals surface area contributed by atoms with Gasteiger partial charge in [-0.1, -0.05) is 19.9 Å². The number of aromatic nitrogens is 4. The molecule has 0 saturated heterocycles. The zero-order valence-corrected chi connectivity index (χ0v) is 11.3. The summed E-state index contributed by atoms with van der Waals surface area (Å²) in [6, 6.07) is 6.51. The molecule has 0 unspecified atom stereocenters. The highest BCUT2D eigenvalue weighted by Gasteiger charge is 2.12. The summed E-state index contributed by atoms with van der Waals surface area (Å²) in [6.07, 6.45) is 5.14. The van der Waals surface area contributed by atoms with E-state index in [0.717, 1.165) is 22.2 Å². The second-order valence-corrected chi connectivity index (χ2v) is 5.03. The number of benzene rings is 1. The molecule has 0 radical (unpaired) electrons. The van der Waals surface area contributed by atoms with Crippen molar-refractivity contribution < 1.29 is 0 Å². The van der Waals surface area contributed by atoms with E-state index in [1.54, 1.807) is 12.4 Å². The van der Waals surface area contributed by atoms with Gasteiger partial charge in [-0.15, -0.1) is 0 Å². The van der Waals surface area contributed by atoms with Crippen LogP contribution in [0.1, 0.15) is 25.3 Å². The van der Waals surface area contributed by atoms with E-state index in [0.29, 0.717) is 5.92 Å². The number of hydrogen-bond acceptors (Lipinski definition) is 3. The SMILES string of the molecule is CC(C)c1ccc2c(c1)c(-c1cncnc1)nn2C. The fourth-order valence-electron chi connectivity index (χ4n) is 2.28. The maximum atomic E-state index is 4.60. The van der Waals surface area contributed by atoms with E-state index in [1.807, 2.05) is 11.7 Å². The van der Waals surface area contributed by atoms with Gasteiger partial charge < -0.3 is 0 Å². The minimum atomic E-state index is 0.504. The average Bonchev–Trinajstić information content (AvgIpc) is 2.77. The fraction of sp³-hybridized carbons (Fsp3) is 0.267. The maximum Gasteiger partial charge on any atom is 0.115 e. The van der Waals surface area contributed by atoms with Crippen LogP contribution < -0.4 is 0 Å². The molecule has 0 N–H and O–H groups in total. The Kier molecular flexibility index (Phi) is 2.78. The summed E-state index contributed by atoms with van der Waals surface area (Å²) >= 11 is 0. The van der Waals surface area contributed by atoms with Crippen LogP contribution in [0.2, 0.25) is 0 Å². The molecule has 0 saturated carbocycles. The standard InChI is InChI=1S/C15H16N4/c1-10(2)11-4-5-14-13(6-11)15(18-19(14)3)12-7-16-9-17-8-12/h4-10H,1-3H3. The summed E-state index contributed by atoms with van der Waals surface area (Å²) in [5.74, 6) is 0.504. The Labute approximate surface area is 112 Å². The molecule has 0 amide bonds. The van der Waals surface area contributed by atoms with Crippen LogP contribution in [0.3, 0.4) is 0 Å². The lowest BCUT2D eigenvalue weighted by Crippen LogP contribution is -1.90. The van der Waals surface area contributed by atoms with Gasteiger partial charge in [0.15, 0.2) is 0 Å². The van der Waals surface area contributed by atoms with Crippen molar-refractivity contribution in [3.05, 3.63) is 42.5 Å². The molecule has 4 nitrogen and oxygen atoms in total. The van der Waals surface area contributed by atoms with Crippen molar-refractivity contribution in [3.8, 4) is 11.3 Å². The molecule has 4 heteroatoms. The highest BCUT2D eigenvalue weighted by atomic mass is 15.3. The molecular weight excluding hydrogens is 236 g/mol. The zero-order valence-electron chi connectivity index (χ0n) is 11.3. The van der Waals surface area contributed by atoms with Gasteiger partial charge in [0.25, 0.3) is 0 Å². The van der Waals surface area contributed by atoms with Gasteiger partial charge in [-0.05, 0) is 23.6 Å². The van der Waals surface area contributed by atoms with Crippen molar-refractivity contribution in [2.24, 2.45) is 7.05 Å². The van der Waals surface area contributed by atoms with Crippen LogP contribution in [0, 0.1) is 0 Å². The Bertz CT molecular complexity index is 714. The van der Waals surface area contributed by atoms with Crippen molar-refractivity contribution in [2.75, 3.05) is 0 Å². The van der Waals surface area contributed by atoms with E-state index in [9.17, 15) is 0 Å². The quantitative estimate of drug-likeness (QED) is 0.703. The summed E-state index contributed by atoms with van der Waals surface area (Å²) in [6.45, 7) is 4.39.